The zero-order valence-electron chi connectivity index (χ0n) is 42.0. The van der Waals surface area contributed by atoms with Crippen LogP contribution in [0.5, 0.6) is 0 Å². The molecule has 0 radical (unpaired) electrons. The molecule has 5 rings (SSSR count). The highest BCUT2D eigenvalue weighted by atomic mass is 16.4. The number of carboxylic acids is 1. The number of hydrogen-bond acceptors (Lipinski definition) is 12. The summed E-state index contributed by atoms with van der Waals surface area (Å²) < 4.78 is 0. The molecular formula is C50H73N13O9. The van der Waals surface area contributed by atoms with Crippen molar-refractivity contribution in [3.8, 4) is 0 Å². The smallest absolute Gasteiger partial charge is 0.326 e. The molecule has 0 unspecified atom stereocenters. The number of aromatic amines is 3. The summed E-state index contributed by atoms with van der Waals surface area (Å²) in [4.78, 5) is 119. The van der Waals surface area contributed by atoms with Crippen LogP contribution in [-0.4, -0.2) is 141 Å². The second kappa shape index (κ2) is 27.0. The average molecular weight is 1000 g/mol. The minimum atomic E-state index is -1.30. The van der Waals surface area contributed by atoms with E-state index < -0.39 is 102 Å². The molecule has 392 valence electrons. The predicted molar refractivity (Wildman–Crippen MR) is 265 cm³/mol. The molecule has 1 saturated heterocycles. The number of nitrogens with one attached hydrogen (secondary N) is 8. The van der Waals surface area contributed by atoms with Crippen molar-refractivity contribution in [2.24, 2.45) is 29.4 Å². The van der Waals surface area contributed by atoms with Gasteiger partial charge in [-0.15, -0.1) is 0 Å². The van der Waals surface area contributed by atoms with Crippen molar-refractivity contribution in [1.29, 1.82) is 0 Å². The van der Waals surface area contributed by atoms with Gasteiger partial charge in [0.2, 0.25) is 35.4 Å². The molecule has 1 aromatic carbocycles. The maximum Gasteiger partial charge on any atom is 0.326 e. The van der Waals surface area contributed by atoms with Crippen LogP contribution in [0.3, 0.4) is 0 Å². The second-order valence-electron chi connectivity index (χ2n) is 19.6. The van der Waals surface area contributed by atoms with E-state index in [4.69, 9.17) is 5.73 Å². The number of carbonyl (C=O) groups is 7. The van der Waals surface area contributed by atoms with Crippen molar-refractivity contribution >= 4 is 41.4 Å². The van der Waals surface area contributed by atoms with E-state index >= 15 is 0 Å². The lowest BCUT2D eigenvalue weighted by atomic mass is 9.85. The number of imidazole rings is 3. The number of aromatic nitrogens is 6. The topological polar surface area (TPSA) is 335 Å². The highest BCUT2D eigenvalue weighted by Crippen LogP contribution is 2.24. The third-order valence-electron chi connectivity index (χ3n) is 13.2. The van der Waals surface area contributed by atoms with Crippen molar-refractivity contribution in [3.63, 3.8) is 0 Å². The Morgan fingerprint density at radius 1 is 0.708 bits per heavy atom. The Bertz CT molecular complexity index is 2350. The number of rotatable bonds is 28. The lowest BCUT2D eigenvalue weighted by molar-refractivity contribution is -0.142. The van der Waals surface area contributed by atoms with Gasteiger partial charge < -0.3 is 62.4 Å². The number of benzene rings is 1. The third-order valence-corrected chi connectivity index (χ3v) is 13.2. The summed E-state index contributed by atoms with van der Waals surface area (Å²) in [5.74, 6) is -6.39. The van der Waals surface area contributed by atoms with Crippen LogP contribution in [-0.2, 0) is 59.2 Å². The average Bonchev–Trinajstić information content (AvgIpc) is 4.21. The molecule has 0 saturated carbocycles. The maximum atomic E-state index is 14.5. The van der Waals surface area contributed by atoms with Gasteiger partial charge in [0.25, 0.3) is 0 Å². The number of hydrogen-bond donors (Lipinski definition) is 11. The summed E-state index contributed by atoms with van der Waals surface area (Å²) in [7, 11) is 0. The minimum absolute atomic E-state index is 0.0477. The van der Waals surface area contributed by atoms with Gasteiger partial charge >= 0.3 is 5.97 Å². The third kappa shape index (κ3) is 16.3. The predicted octanol–water partition coefficient (Wildman–Crippen LogP) is 1.07. The molecule has 72 heavy (non-hydrogen) atoms. The van der Waals surface area contributed by atoms with Gasteiger partial charge in [-0.2, -0.15) is 0 Å². The van der Waals surface area contributed by atoms with Gasteiger partial charge in [0.05, 0.1) is 37.2 Å². The van der Waals surface area contributed by atoms with E-state index in [9.17, 15) is 43.8 Å². The Morgan fingerprint density at radius 3 is 1.81 bits per heavy atom. The molecule has 1 aliphatic rings. The van der Waals surface area contributed by atoms with Crippen LogP contribution >= 0.6 is 0 Å². The number of H-pyrrole nitrogens is 3. The summed E-state index contributed by atoms with van der Waals surface area (Å²) in [6, 6.07) is 1.45. The molecule has 3 aromatic heterocycles. The lowest BCUT2D eigenvalue weighted by Gasteiger charge is -2.33. The number of aliphatic carboxylic acids is 1. The first kappa shape index (κ1) is 56.0. The monoisotopic (exact) mass is 1000 g/mol. The summed E-state index contributed by atoms with van der Waals surface area (Å²) in [5, 5.41) is 36.0. The first-order chi connectivity index (χ1) is 34.3. The van der Waals surface area contributed by atoms with Crippen LogP contribution < -0.4 is 32.3 Å². The number of amides is 6. The van der Waals surface area contributed by atoms with Gasteiger partial charge in [-0.05, 0) is 49.0 Å². The van der Waals surface area contributed by atoms with E-state index in [1.807, 2.05) is 39.0 Å². The van der Waals surface area contributed by atoms with Crippen molar-refractivity contribution in [3.05, 3.63) is 90.5 Å². The van der Waals surface area contributed by atoms with E-state index in [0.717, 1.165) is 5.56 Å². The molecule has 6 amide bonds. The summed E-state index contributed by atoms with van der Waals surface area (Å²) in [6.45, 7) is 11.4. The molecule has 22 nitrogen and oxygen atoms in total. The van der Waals surface area contributed by atoms with E-state index in [1.54, 1.807) is 39.1 Å². The molecule has 1 aliphatic heterocycles. The molecule has 0 aliphatic carbocycles. The Morgan fingerprint density at radius 2 is 1.26 bits per heavy atom. The van der Waals surface area contributed by atoms with Gasteiger partial charge in [0.15, 0.2) is 0 Å². The Hall–Kier alpha value is -6.94. The molecule has 10 atom stereocenters. The van der Waals surface area contributed by atoms with Crippen LogP contribution in [0.25, 0.3) is 0 Å². The summed E-state index contributed by atoms with van der Waals surface area (Å²) in [6.07, 6.45) is 9.27. The number of aliphatic hydroxyl groups is 1. The quantitative estimate of drug-likeness (QED) is 0.0380. The van der Waals surface area contributed by atoms with Crippen molar-refractivity contribution in [2.45, 2.75) is 148 Å². The first-order valence-corrected chi connectivity index (χ1v) is 24.8. The fraction of sp³-hybridized carbons (Fsp3) is 0.560. The molecule has 4 heterocycles. The van der Waals surface area contributed by atoms with Crippen molar-refractivity contribution in [2.75, 3.05) is 6.54 Å². The number of carboxylic acid groups (broad SMARTS) is 1. The number of nitrogens with two attached hydrogens (primary N) is 1. The van der Waals surface area contributed by atoms with Crippen molar-refractivity contribution < 1.29 is 43.8 Å². The van der Waals surface area contributed by atoms with E-state index in [-0.39, 0.29) is 50.4 Å². The fourth-order valence-corrected chi connectivity index (χ4v) is 8.91. The first-order valence-electron chi connectivity index (χ1n) is 24.8. The molecule has 1 fully saturated rings. The number of nitrogens with zero attached hydrogens (tertiary/aromatic N) is 4. The SMILES string of the molecule is CC[C@H](C)[C@H](NC(=O)[C@@H](C[C@H](O)[C@H](CC(C)C)NC(=O)[C@H](Cc1cnc[nH]1)NC(=O)[C@H](Cc1ccccc1)NC(=O)[C@@H]1CCCN1C(=O)[C@@H](N)Cc1cnc[nH]1)C(C)C)C(=O)N[C@@H](Cc1cnc[nH]1)C(=O)O. The highest BCUT2D eigenvalue weighted by Gasteiger charge is 2.40. The van der Waals surface area contributed by atoms with Gasteiger partial charge in [-0.3, -0.25) is 28.8 Å². The fourth-order valence-electron chi connectivity index (χ4n) is 8.91. The largest absolute Gasteiger partial charge is 0.480 e. The minimum Gasteiger partial charge on any atom is -0.480 e. The molecule has 0 bridgehead atoms. The highest BCUT2D eigenvalue weighted by molar-refractivity contribution is 5.95. The zero-order valence-corrected chi connectivity index (χ0v) is 42.0. The second-order valence-corrected chi connectivity index (χ2v) is 19.6. The Kier molecular flexibility index (Phi) is 21.0. The van der Waals surface area contributed by atoms with Gasteiger partial charge in [-0.25, -0.2) is 19.7 Å². The van der Waals surface area contributed by atoms with Crippen LogP contribution in [0.15, 0.2) is 67.9 Å². The molecule has 4 aromatic rings. The van der Waals surface area contributed by atoms with Crippen LogP contribution in [0, 0.1) is 23.7 Å². The van der Waals surface area contributed by atoms with E-state index in [2.05, 4.69) is 56.5 Å². The summed E-state index contributed by atoms with van der Waals surface area (Å²) >= 11 is 0. The van der Waals surface area contributed by atoms with Gasteiger partial charge in [0, 0.05) is 73.8 Å². The molecular weight excluding hydrogens is 927 g/mol. The number of carbonyl (C=O) groups excluding carboxylic acids is 6. The normalized spacial score (nSPS) is 17.4. The van der Waals surface area contributed by atoms with Crippen LogP contribution in [0.4, 0.5) is 0 Å². The van der Waals surface area contributed by atoms with E-state index in [0.29, 0.717) is 42.9 Å². The Labute approximate surface area is 419 Å². The molecule has 12 N–H and O–H groups in total. The van der Waals surface area contributed by atoms with Crippen molar-refractivity contribution in [1.82, 2.24) is 61.4 Å². The zero-order chi connectivity index (χ0) is 52.5. The van der Waals surface area contributed by atoms with Crippen LogP contribution in [0.1, 0.15) is 96.3 Å². The molecule has 22 heteroatoms. The standard InChI is InChI=1S/C50H73N13O9/c1-7-30(6)43(48(69)61-40(50(71)72)20-34-24-54-27-57-34)62-44(65)35(29(4)5)21-42(64)37(16-28(2)3)58-46(67)39(19-33-23-53-26-56-33)59-45(66)38(17-31-12-9-8-10-13-31)60-47(68)41-14-11-15-63(41)49(70)36(51)18-32-22-52-25-55-32/h8-10,12-13,22-30,35-43,64H,7,11,14-21,51H2,1-6H3,(H,52,55)(H,53,56)(H,54,57)(H,58,67)(H,59,66)(H,60,68)(H,61,69)(H,62,65)(H,71,72)/t30-,35-,36-,37-,38-,39-,40-,41-,42-,43-/m0/s1. The molecule has 0 spiro atoms. The number of likely N-dealkylation sites (tertiary alicyclic amines) is 1. The Balaban J connectivity index is 1.32. The van der Waals surface area contributed by atoms with E-state index in [1.165, 1.54) is 36.3 Å². The summed E-state index contributed by atoms with van der Waals surface area (Å²) in [5.41, 5.74) is 8.71. The van der Waals surface area contributed by atoms with Gasteiger partial charge in [0.1, 0.15) is 30.2 Å². The maximum absolute atomic E-state index is 14.5. The number of aliphatic hydroxyl groups excluding tert-OH is 1. The van der Waals surface area contributed by atoms with Gasteiger partial charge in [-0.1, -0.05) is 78.3 Å². The lowest BCUT2D eigenvalue weighted by Crippen LogP contribution is -2.59. The van der Waals surface area contributed by atoms with Crippen LogP contribution in [0.2, 0.25) is 0 Å².